The van der Waals surface area contributed by atoms with Gasteiger partial charge in [0, 0.05) is 27.1 Å². The summed E-state index contributed by atoms with van der Waals surface area (Å²) in [6.45, 7) is 5.98. The SMILES string of the molecule is CC[C@@H](C)NC(=O)[C@@H](C)N(Cc1cccc(Br)c1)C(=O)Cc1c(Cl)cccc1Cl. The zero-order valence-electron chi connectivity index (χ0n) is 16.7. The van der Waals surface area contributed by atoms with Crippen molar-refractivity contribution >= 4 is 50.9 Å². The van der Waals surface area contributed by atoms with Crippen LogP contribution in [-0.4, -0.2) is 28.8 Å². The van der Waals surface area contributed by atoms with Gasteiger partial charge in [-0.3, -0.25) is 9.59 Å². The highest BCUT2D eigenvalue weighted by Gasteiger charge is 2.27. The van der Waals surface area contributed by atoms with E-state index < -0.39 is 6.04 Å². The average Bonchev–Trinajstić information content (AvgIpc) is 2.68. The Morgan fingerprint density at radius 3 is 2.31 bits per heavy atom. The van der Waals surface area contributed by atoms with Gasteiger partial charge < -0.3 is 10.2 Å². The van der Waals surface area contributed by atoms with E-state index in [0.717, 1.165) is 16.5 Å². The number of rotatable bonds is 8. The van der Waals surface area contributed by atoms with Crippen molar-refractivity contribution in [1.29, 1.82) is 0 Å². The summed E-state index contributed by atoms with van der Waals surface area (Å²) < 4.78 is 0.910. The van der Waals surface area contributed by atoms with Gasteiger partial charge in [0.25, 0.3) is 0 Å². The zero-order valence-corrected chi connectivity index (χ0v) is 19.8. The maximum Gasteiger partial charge on any atom is 0.242 e. The van der Waals surface area contributed by atoms with Crippen LogP contribution in [-0.2, 0) is 22.6 Å². The molecular weight excluding hydrogens is 475 g/mol. The van der Waals surface area contributed by atoms with Crippen LogP contribution < -0.4 is 5.32 Å². The van der Waals surface area contributed by atoms with Gasteiger partial charge in [-0.2, -0.15) is 0 Å². The van der Waals surface area contributed by atoms with Gasteiger partial charge in [-0.25, -0.2) is 0 Å². The molecule has 2 amide bonds. The highest BCUT2D eigenvalue weighted by Crippen LogP contribution is 2.26. The molecule has 0 radical (unpaired) electrons. The van der Waals surface area contributed by atoms with Crippen LogP contribution in [0, 0.1) is 0 Å². The van der Waals surface area contributed by atoms with E-state index in [9.17, 15) is 9.59 Å². The van der Waals surface area contributed by atoms with E-state index in [2.05, 4.69) is 21.2 Å². The summed E-state index contributed by atoms with van der Waals surface area (Å²) >= 11 is 15.9. The van der Waals surface area contributed by atoms with Gasteiger partial charge in [-0.15, -0.1) is 0 Å². The Balaban J connectivity index is 2.29. The molecule has 29 heavy (non-hydrogen) atoms. The Labute approximate surface area is 190 Å². The average molecular weight is 500 g/mol. The van der Waals surface area contributed by atoms with Gasteiger partial charge >= 0.3 is 0 Å². The maximum atomic E-state index is 13.2. The molecule has 2 rings (SSSR count). The highest BCUT2D eigenvalue weighted by atomic mass is 79.9. The van der Waals surface area contributed by atoms with Crippen LogP contribution in [0.2, 0.25) is 10.0 Å². The first-order valence-corrected chi connectivity index (χ1v) is 11.0. The van der Waals surface area contributed by atoms with Crippen molar-refractivity contribution < 1.29 is 9.59 Å². The minimum atomic E-state index is -0.642. The number of nitrogens with zero attached hydrogens (tertiary/aromatic N) is 1. The summed E-state index contributed by atoms with van der Waals surface area (Å²) in [7, 11) is 0. The lowest BCUT2D eigenvalue weighted by molar-refractivity contribution is -0.140. The largest absolute Gasteiger partial charge is 0.352 e. The molecule has 0 saturated heterocycles. The number of halogens is 3. The molecule has 0 aliphatic carbocycles. The van der Waals surface area contributed by atoms with Crippen molar-refractivity contribution in [2.24, 2.45) is 0 Å². The number of nitrogens with one attached hydrogen (secondary N) is 1. The van der Waals surface area contributed by atoms with Crippen LogP contribution in [0.5, 0.6) is 0 Å². The van der Waals surface area contributed by atoms with Crippen LogP contribution in [0.4, 0.5) is 0 Å². The van der Waals surface area contributed by atoms with Gasteiger partial charge in [0.1, 0.15) is 6.04 Å². The molecule has 2 aromatic rings. The van der Waals surface area contributed by atoms with E-state index in [1.165, 1.54) is 0 Å². The molecule has 0 bridgehead atoms. The maximum absolute atomic E-state index is 13.2. The normalized spacial score (nSPS) is 12.9. The summed E-state index contributed by atoms with van der Waals surface area (Å²) in [5, 5.41) is 3.82. The fourth-order valence-corrected chi connectivity index (χ4v) is 3.81. The summed E-state index contributed by atoms with van der Waals surface area (Å²) in [4.78, 5) is 27.5. The Bertz CT molecular complexity index is 855. The first-order valence-electron chi connectivity index (χ1n) is 9.50. The first-order chi connectivity index (χ1) is 13.7. The Morgan fingerprint density at radius 2 is 1.72 bits per heavy atom. The van der Waals surface area contributed by atoms with Crippen LogP contribution in [0.3, 0.4) is 0 Å². The number of carbonyl (C=O) groups excluding carboxylic acids is 2. The number of benzene rings is 2. The molecule has 0 saturated carbocycles. The van der Waals surface area contributed by atoms with Crippen LogP contribution in [0.25, 0.3) is 0 Å². The Morgan fingerprint density at radius 1 is 1.10 bits per heavy atom. The molecule has 0 heterocycles. The molecule has 0 fully saturated rings. The fraction of sp³-hybridized carbons (Fsp3) is 0.364. The number of hydrogen-bond donors (Lipinski definition) is 1. The van der Waals surface area contributed by atoms with E-state index in [1.54, 1.807) is 30.0 Å². The lowest BCUT2D eigenvalue weighted by atomic mass is 10.1. The van der Waals surface area contributed by atoms with Gasteiger partial charge in [-0.1, -0.05) is 64.3 Å². The Kier molecular flexibility index (Phi) is 9.00. The summed E-state index contributed by atoms with van der Waals surface area (Å²) in [6.07, 6.45) is 0.834. The minimum Gasteiger partial charge on any atom is -0.352 e. The number of amides is 2. The van der Waals surface area contributed by atoms with E-state index in [4.69, 9.17) is 23.2 Å². The second-order valence-electron chi connectivity index (χ2n) is 7.02. The molecule has 0 spiro atoms. The molecule has 0 unspecified atom stereocenters. The molecule has 4 nitrogen and oxygen atoms in total. The Hall–Kier alpha value is -1.56. The summed E-state index contributed by atoms with van der Waals surface area (Å²) in [5.74, 6) is -0.403. The van der Waals surface area contributed by atoms with Crippen molar-refractivity contribution in [2.75, 3.05) is 0 Å². The van der Waals surface area contributed by atoms with Gasteiger partial charge in [0.15, 0.2) is 0 Å². The molecular formula is C22H25BrCl2N2O2. The monoisotopic (exact) mass is 498 g/mol. The van der Waals surface area contributed by atoms with Crippen molar-refractivity contribution in [3.63, 3.8) is 0 Å². The third kappa shape index (κ3) is 6.73. The molecule has 1 N–H and O–H groups in total. The van der Waals surface area contributed by atoms with E-state index in [-0.39, 0.29) is 24.3 Å². The van der Waals surface area contributed by atoms with Gasteiger partial charge in [-0.05, 0) is 55.7 Å². The third-order valence-corrected chi connectivity index (χ3v) is 6.00. The topological polar surface area (TPSA) is 49.4 Å². The van der Waals surface area contributed by atoms with Crippen molar-refractivity contribution in [2.45, 2.75) is 52.2 Å². The minimum absolute atomic E-state index is 0.0213. The predicted molar refractivity (Wildman–Crippen MR) is 122 cm³/mol. The smallest absolute Gasteiger partial charge is 0.242 e. The number of hydrogen-bond acceptors (Lipinski definition) is 2. The lowest BCUT2D eigenvalue weighted by Crippen LogP contribution is -2.49. The van der Waals surface area contributed by atoms with Crippen molar-refractivity contribution in [1.82, 2.24) is 10.2 Å². The standard InChI is InChI=1S/C22H25BrCl2N2O2/c1-4-14(2)26-22(29)15(3)27(13-16-7-5-8-17(23)11-16)21(28)12-18-19(24)9-6-10-20(18)25/h5-11,14-15H,4,12-13H2,1-3H3,(H,26,29)/t14-,15-/m1/s1. The predicted octanol–water partition coefficient (Wildman–Crippen LogP) is 5.63. The van der Waals surface area contributed by atoms with Crippen LogP contribution in [0.1, 0.15) is 38.3 Å². The number of carbonyl (C=O) groups is 2. The zero-order chi connectivity index (χ0) is 21.6. The molecule has 0 aromatic heterocycles. The van der Waals surface area contributed by atoms with Gasteiger partial charge in [0.05, 0.1) is 6.42 Å². The van der Waals surface area contributed by atoms with Crippen LogP contribution in [0.15, 0.2) is 46.9 Å². The molecule has 7 heteroatoms. The second-order valence-corrected chi connectivity index (χ2v) is 8.75. The molecule has 156 valence electrons. The van der Waals surface area contributed by atoms with Crippen molar-refractivity contribution in [3.8, 4) is 0 Å². The molecule has 2 aromatic carbocycles. The molecule has 2 atom stereocenters. The van der Waals surface area contributed by atoms with Crippen LogP contribution >= 0.6 is 39.1 Å². The third-order valence-electron chi connectivity index (χ3n) is 4.80. The first kappa shape index (κ1) is 23.7. The quantitative estimate of drug-likeness (QED) is 0.511. The molecule has 0 aliphatic rings. The van der Waals surface area contributed by atoms with E-state index in [0.29, 0.717) is 22.2 Å². The summed E-state index contributed by atoms with van der Waals surface area (Å²) in [5.41, 5.74) is 1.48. The summed E-state index contributed by atoms with van der Waals surface area (Å²) in [6, 6.07) is 12.2. The lowest BCUT2D eigenvalue weighted by Gasteiger charge is -2.30. The van der Waals surface area contributed by atoms with E-state index >= 15 is 0 Å². The van der Waals surface area contributed by atoms with Gasteiger partial charge in [0.2, 0.25) is 11.8 Å². The highest BCUT2D eigenvalue weighted by molar-refractivity contribution is 9.10. The second kappa shape index (κ2) is 11.0. The molecule has 0 aliphatic heterocycles. The van der Waals surface area contributed by atoms with E-state index in [1.807, 2.05) is 38.1 Å². The fourth-order valence-electron chi connectivity index (χ4n) is 2.83. The van der Waals surface area contributed by atoms with Crippen molar-refractivity contribution in [3.05, 3.63) is 68.1 Å².